The van der Waals surface area contributed by atoms with Crippen LogP contribution in [0.3, 0.4) is 0 Å². The summed E-state index contributed by atoms with van der Waals surface area (Å²) in [5, 5.41) is 0. The molecule has 7 heteroatoms. The molecule has 4 nitrogen and oxygen atoms in total. The van der Waals surface area contributed by atoms with E-state index < -0.39 is 26.6 Å². The zero-order valence-electron chi connectivity index (χ0n) is 10.1. The molecule has 0 saturated heterocycles. The van der Waals surface area contributed by atoms with E-state index in [1.54, 1.807) is 6.92 Å². The smallest absolute Gasteiger partial charge is 0.245 e. The van der Waals surface area contributed by atoms with Gasteiger partial charge in [-0.3, -0.25) is 0 Å². The molecule has 18 heavy (non-hydrogen) atoms. The van der Waals surface area contributed by atoms with Crippen molar-refractivity contribution in [3.8, 4) is 0 Å². The Bertz CT molecular complexity index is 506. The van der Waals surface area contributed by atoms with Crippen LogP contribution in [-0.4, -0.2) is 32.4 Å². The number of halogens is 2. The quantitative estimate of drug-likeness (QED) is 0.853. The first-order chi connectivity index (χ1) is 8.43. The number of benzene rings is 1. The number of hydrogen-bond donors (Lipinski definition) is 1. The second-order valence-electron chi connectivity index (χ2n) is 3.71. The summed E-state index contributed by atoms with van der Waals surface area (Å²) < 4.78 is 51.6. The number of sulfonamides is 1. The molecule has 0 spiro atoms. The third-order valence-corrected chi connectivity index (χ3v) is 4.48. The monoisotopic (exact) mass is 278 g/mol. The molecule has 2 N–H and O–H groups in total. The van der Waals surface area contributed by atoms with Crippen molar-refractivity contribution in [1.29, 1.82) is 0 Å². The molecule has 0 heterocycles. The van der Waals surface area contributed by atoms with Crippen molar-refractivity contribution in [1.82, 2.24) is 4.31 Å². The van der Waals surface area contributed by atoms with E-state index in [2.05, 4.69) is 0 Å². The standard InChI is InChI=1S/C11H16F2N2O2S/c1-2-15(7-3-6-14)18(16,17)11-5-4-9(12)8-10(11)13/h4-5,8H,2-3,6-7,14H2,1H3. The van der Waals surface area contributed by atoms with Crippen LogP contribution in [0.15, 0.2) is 23.1 Å². The van der Waals surface area contributed by atoms with E-state index in [1.165, 1.54) is 0 Å². The summed E-state index contributed by atoms with van der Waals surface area (Å²) >= 11 is 0. The van der Waals surface area contributed by atoms with Gasteiger partial charge in [-0.05, 0) is 25.1 Å². The molecule has 1 aromatic rings. The molecule has 0 aliphatic heterocycles. The molecule has 0 fully saturated rings. The predicted molar refractivity (Wildman–Crippen MR) is 64.5 cm³/mol. The van der Waals surface area contributed by atoms with Gasteiger partial charge < -0.3 is 5.73 Å². The van der Waals surface area contributed by atoms with Gasteiger partial charge in [0.05, 0.1) is 0 Å². The first-order valence-electron chi connectivity index (χ1n) is 5.58. The Hall–Kier alpha value is -1.05. The van der Waals surface area contributed by atoms with Crippen LogP contribution in [0.4, 0.5) is 8.78 Å². The van der Waals surface area contributed by atoms with Crippen LogP contribution < -0.4 is 5.73 Å². The van der Waals surface area contributed by atoms with Crippen molar-refractivity contribution in [2.45, 2.75) is 18.2 Å². The first-order valence-corrected chi connectivity index (χ1v) is 7.02. The molecule has 1 aromatic carbocycles. The van der Waals surface area contributed by atoms with Crippen LogP contribution in [0, 0.1) is 11.6 Å². The maximum Gasteiger partial charge on any atom is 0.245 e. The molecule has 1 rings (SSSR count). The lowest BCUT2D eigenvalue weighted by Gasteiger charge is -2.20. The zero-order chi connectivity index (χ0) is 13.8. The second-order valence-corrected chi connectivity index (χ2v) is 5.62. The molecule has 0 radical (unpaired) electrons. The van der Waals surface area contributed by atoms with Crippen molar-refractivity contribution in [2.24, 2.45) is 5.73 Å². The van der Waals surface area contributed by atoms with Crippen LogP contribution in [-0.2, 0) is 10.0 Å². The van der Waals surface area contributed by atoms with Crippen molar-refractivity contribution >= 4 is 10.0 Å². The predicted octanol–water partition coefficient (Wildman–Crippen LogP) is 1.32. The SMILES string of the molecule is CCN(CCCN)S(=O)(=O)c1ccc(F)cc1F. The van der Waals surface area contributed by atoms with E-state index >= 15 is 0 Å². The number of rotatable bonds is 6. The van der Waals surface area contributed by atoms with E-state index in [9.17, 15) is 17.2 Å². The van der Waals surface area contributed by atoms with Gasteiger partial charge in [0.2, 0.25) is 10.0 Å². The summed E-state index contributed by atoms with van der Waals surface area (Å²) in [6.45, 7) is 2.42. The average Bonchev–Trinajstić information content (AvgIpc) is 2.29. The Balaban J connectivity index is 3.10. The molecule has 0 bridgehead atoms. The van der Waals surface area contributed by atoms with E-state index in [-0.39, 0.29) is 13.1 Å². The minimum Gasteiger partial charge on any atom is -0.330 e. The molecule has 102 valence electrons. The van der Waals surface area contributed by atoms with Crippen LogP contribution in [0.25, 0.3) is 0 Å². The highest BCUT2D eigenvalue weighted by Crippen LogP contribution is 2.20. The first kappa shape index (κ1) is 15.0. The third-order valence-electron chi connectivity index (χ3n) is 2.48. The maximum absolute atomic E-state index is 13.5. The summed E-state index contributed by atoms with van der Waals surface area (Å²) in [6, 6.07) is 2.42. The Labute approximate surface area is 105 Å². The van der Waals surface area contributed by atoms with Gasteiger partial charge in [0, 0.05) is 19.2 Å². The van der Waals surface area contributed by atoms with Gasteiger partial charge in [-0.25, -0.2) is 17.2 Å². The Morgan fingerprint density at radius 1 is 1.33 bits per heavy atom. The molecular weight excluding hydrogens is 262 g/mol. The molecule has 0 atom stereocenters. The van der Waals surface area contributed by atoms with Crippen molar-refractivity contribution < 1.29 is 17.2 Å². The summed E-state index contributed by atoms with van der Waals surface area (Å²) in [7, 11) is -3.93. The van der Waals surface area contributed by atoms with Gasteiger partial charge in [0.15, 0.2) is 0 Å². The molecular formula is C11H16F2N2O2S. The average molecular weight is 278 g/mol. The maximum atomic E-state index is 13.5. The summed E-state index contributed by atoms with van der Waals surface area (Å²) in [4.78, 5) is -0.511. The van der Waals surface area contributed by atoms with Gasteiger partial charge in [-0.1, -0.05) is 6.92 Å². The minimum atomic E-state index is -3.93. The molecule has 0 unspecified atom stereocenters. The number of nitrogens with two attached hydrogens (primary N) is 1. The number of nitrogens with zero attached hydrogens (tertiary/aromatic N) is 1. The highest BCUT2D eigenvalue weighted by molar-refractivity contribution is 7.89. The molecule has 0 aromatic heterocycles. The summed E-state index contributed by atoms with van der Waals surface area (Å²) in [5.41, 5.74) is 5.32. The summed E-state index contributed by atoms with van der Waals surface area (Å²) in [6.07, 6.45) is 0.482. The Kier molecular flexibility index (Phi) is 5.18. The van der Waals surface area contributed by atoms with Gasteiger partial charge in [-0.2, -0.15) is 4.31 Å². The lowest BCUT2D eigenvalue weighted by molar-refractivity contribution is 0.418. The third kappa shape index (κ3) is 3.24. The van der Waals surface area contributed by atoms with Gasteiger partial charge in [0.25, 0.3) is 0 Å². The van der Waals surface area contributed by atoms with E-state index in [4.69, 9.17) is 5.73 Å². The summed E-state index contributed by atoms with van der Waals surface area (Å²) in [5.74, 6) is -1.89. The van der Waals surface area contributed by atoms with E-state index in [1.807, 2.05) is 0 Å². The fourth-order valence-corrected chi connectivity index (χ4v) is 3.07. The highest BCUT2D eigenvalue weighted by Gasteiger charge is 2.25. The lowest BCUT2D eigenvalue weighted by Crippen LogP contribution is -2.33. The van der Waals surface area contributed by atoms with Gasteiger partial charge >= 0.3 is 0 Å². The topological polar surface area (TPSA) is 63.4 Å². The minimum absolute atomic E-state index is 0.207. The number of hydrogen-bond acceptors (Lipinski definition) is 3. The van der Waals surface area contributed by atoms with E-state index in [0.29, 0.717) is 19.0 Å². The van der Waals surface area contributed by atoms with Gasteiger partial charge in [0.1, 0.15) is 16.5 Å². The molecule has 0 saturated carbocycles. The van der Waals surface area contributed by atoms with Crippen LogP contribution >= 0.6 is 0 Å². The van der Waals surface area contributed by atoms with Crippen molar-refractivity contribution in [3.63, 3.8) is 0 Å². The molecule has 0 aliphatic carbocycles. The van der Waals surface area contributed by atoms with Crippen LogP contribution in [0.5, 0.6) is 0 Å². The molecule has 0 aliphatic rings. The largest absolute Gasteiger partial charge is 0.330 e. The second kappa shape index (κ2) is 6.21. The van der Waals surface area contributed by atoms with Gasteiger partial charge in [-0.15, -0.1) is 0 Å². The fraction of sp³-hybridized carbons (Fsp3) is 0.455. The van der Waals surface area contributed by atoms with Crippen LogP contribution in [0.2, 0.25) is 0 Å². The van der Waals surface area contributed by atoms with Crippen molar-refractivity contribution in [2.75, 3.05) is 19.6 Å². The fourth-order valence-electron chi connectivity index (χ4n) is 1.54. The van der Waals surface area contributed by atoms with Crippen LogP contribution in [0.1, 0.15) is 13.3 Å². The highest BCUT2D eigenvalue weighted by atomic mass is 32.2. The van der Waals surface area contributed by atoms with Crippen molar-refractivity contribution in [3.05, 3.63) is 29.8 Å². The lowest BCUT2D eigenvalue weighted by atomic mass is 10.3. The zero-order valence-corrected chi connectivity index (χ0v) is 10.9. The Morgan fingerprint density at radius 2 is 2.00 bits per heavy atom. The van der Waals surface area contributed by atoms with E-state index in [0.717, 1.165) is 16.4 Å². The Morgan fingerprint density at radius 3 is 2.50 bits per heavy atom. The normalized spacial score (nSPS) is 12.1. The molecule has 0 amide bonds.